The van der Waals surface area contributed by atoms with Gasteiger partial charge >= 0.3 is 5.97 Å². The monoisotopic (exact) mass is 273 g/mol. The lowest BCUT2D eigenvalue weighted by atomic mass is 10.4. The van der Waals surface area contributed by atoms with Crippen LogP contribution in [0.25, 0.3) is 0 Å². The van der Waals surface area contributed by atoms with Gasteiger partial charge in [-0.05, 0) is 31.9 Å². The van der Waals surface area contributed by atoms with E-state index in [1.165, 1.54) is 17.7 Å². The number of nitrogens with zero attached hydrogens (tertiary/aromatic N) is 1. The van der Waals surface area contributed by atoms with Crippen LogP contribution in [-0.2, 0) is 16.1 Å². The average molecular weight is 274 g/mol. The molecule has 0 saturated heterocycles. The van der Waals surface area contributed by atoms with Crippen molar-refractivity contribution in [2.75, 3.05) is 13.2 Å². The average Bonchev–Trinajstić information content (AvgIpc) is 3.03. The first kappa shape index (κ1) is 12.9. The maximum Gasteiger partial charge on any atom is 0.320 e. The molecule has 1 saturated carbocycles. The Hall–Kier alpha value is -0.580. The molecule has 2 rings (SSSR count). The molecular weight excluding hydrogens is 258 g/mol. The molecule has 1 aliphatic carbocycles. The largest absolute Gasteiger partial charge is 0.465 e. The third-order valence-corrected chi connectivity index (χ3v) is 3.90. The van der Waals surface area contributed by atoms with Crippen LogP contribution in [-0.4, -0.2) is 30.1 Å². The Labute approximate surface area is 110 Å². The molecular formula is C12H16ClNO2S. The van der Waals surface area contributed by atoms with Crippen LogP contribution in [0.2, 0.25) is 4.34 Å². The maximum absolute atomic E-state index is 11.5. The van der Waals surface area contributed by atoms with Crippen LogP contribution in [0.15, 0.2) is 12.1 Å². The molecule has 17 heavy (non-hydrogen) atoms. The van der Waals surface area contributed by atoms with Gasteiger partial charge in [-0.25, -0.2) is 0 Å². The highest BCUT2D eigenvalue weighted by Gasteiger charge is 2.30. The fourth-order valence-electron chi connectivity index (χ4n) is 1.76. The molecule has 0 bridgehead atoms. The van der Waals surface area contributed by atoms with Crippen molar-refractivity contribution < 1.29 is 9.53 Å². The summed E-state index contributed by atoms with van der Waals surface area (Å²) in [7, 11) is 0. The van der Waals surface area contributed by atoms with Gasteiger partial charge in [0.2, 0.25) is 0 Å². The molecule has 0 unspecified atom stereocenters. The highest BCUT2D eigenvalue weighted by Crippen LogP contribution is 2.30. The molecule has 1 fully saturated rings. The Morgan fingerprint density at radius 3 is 2.88 bits per heavy atom. The summed E-state index contributed by atoms with van der Waals surface area (Å²) in [6, 6.07) is 4.46. The molecule has 94 valence electrons. The number of hydrogen-bond acceptors (Lipinski definition) is 4. The van der Waals surface area contributed by atoms with Gasteiger partial charge in [-0.2, -0.15) is 0 Å². The predicted octanol–water partition coefficient (Wildman–Crippen LogP) is 2.93. The normalized spacial score (nSPS) is 15.2. The van der Waals surface area contributed by atoms with Gasteiger partial charge in [0.05, 0.1) is 17.5 Å². The van der Waals surface area contributed by atoms with E-state index in [9.17, 15) is 4.79 Å². The summed E-state index contributed by atoms with van der Waals surface area (Å²) in [6.07, 6.45) is 2.36. The van der Waals surface area contributed by atoms with Crippen molar-refractivity contribution in [3.8, 4) is 0 Å². The number of rotatable bonds is 6. The van der Waals surface area contributed by atoms with Crippen LogP contribution in [0.5, 0.6) is 0 Å². The standard InChI is InChI=1S/C12H16ClNO2S/c1-2-16-12(15)8-14(9-3-4-9)7-10-5-6-11(13)17-10/h5-6,9H,2-4,7-8H2,1H3. The molecule has 0 amide bonds. The van der Waals surface area contributed by atoms with Gasteiger partial charge in [-0.3, -0.25) is 9.69 Å². The number of carbonyl (C=O) groups is 1. The van der Waals surface area contributed by atoms with Gasteiger partial charge in [0.15, 0.2) is 0 Å². The molecule has 0 atom stereocenters. The number of ether oxygens (including phenoxy) is 1. The highest BCUT2D eigenvalue weighted by atomic mass is 35.5. The van der Waals surface area contributed by atoms with Crippen LogP contribution in [0.3, 0.4) is 0 Å². The van der Waals surface area contributed by atoms with E-state index in [4.69, 9.17) is 16.3 Å². The van der Waals surface area contributed by atoms with Gasteiger partial charge in [-0.1, -0.05) is 11.6 Å². The second-order valence-electron chi connectivity index (χ2n) is 4.15. The summed E-state index contributed by atoms with van der Waals surface area (Å²) < 4.78 is 5.79. The number of thiophene rings is 1. The number of esters is 1. The first-order chi connectivity index (χ1) is 8.19. The Kier molecular flexibility index (Phi) is 4.42. The molecule has 5 heteroatoms. The van der Waals surface area contributed by atoms with Crippen LogP contribution in [0.4, 0.5) is 0 Å². The minimum atomic E-state index is -0.137. The lowest BCUT2D eigenvalue weighted by Crippen LogP contribution is -2.32. The van der Waals surface area contributed by atoms with Crippen molar-refractivity contribution >= 4 is 28.9 Å². The molecule has 0 radical (unpaired) electrons. The summed E-state index contributed by atoms with van der Waals surface area (Å²) >= 11 is 7.48. The van der Waals surface area contributed by atoms with E-state index in [-0.39, 0.29) is 5.97 Å². The molecule has 0 aliphatic heterocycles. The first-order valence-electron chi connectivity index (χ1n) is 5.83. The molecule has 1 heterocycles. The quantitative estimate of drug-likeness (QED) is 0.747. The van der Waals surface area contributed by atoms with Crippen molar-refractivity contribution in [3.63, 3.8) is 0 Å². The fraction of sp³-hybridized carbons (Fsp3) is 0.583. The van der Waals surface area contributed by atoms with Crippen LogP contribution >= 0.6 is 22.9 Å². The van der Waals surface area contributed by atoms with Gasteiger partial charge in [0, 0.05) is 17.5 Å². The third-order valence-electron chi connectivity index (χ3n) is 2.69. The maximum atomic E-state index is 11.5. The van der Waals surface area contributed by atoms with E-state index in [0.29, 0.717) is 19.2 Å². The molecule has 3 nitrogen and oxygen atoms in total. The minimum Gasteiger partial charge on any atom is -0.465 e. The number of carbonyl (C=O) groups excluding carboxylic acids is 1. The van der Waals surface area contributed by atoms with Gasteiger partial charge in [0.1, 0.15) is 0 Å². The Balaban J connectivity index is 1.91. The third kappa shape index (κ3) is 3.98. The Morgan fingerprint density at radius 2 is 2.35 bits per heavy atom. The minimum absolute atomic E-state index is 0.137. The van der Waals surface area contributed by atoms with E-state index >= 15 is 0 Å². The molecule has 0 aromatic carbocycles. The van der Waals surface area contributed by atoms with Crippen molar-refractivity contribution in [2.45, 2.75) is 32.4 Å². The molecule has 1 aromatic heterocycles. The SMILES string of the molecule is CCOC(=O)CN(Cc1ccc(Cl)s1)C1CC1. The Morgan fingerprint density at radius 1 is 1.59 bits per heavy atom. The number of halogens is 1. The molecule has 0 N–H and O–H groups in total. The van der Waals surface area contributed by atoms with Crippen LogP contribution in [0.1, 0.15) is 24.6 Å². The van der Waals surface area contributed by atoms with E-state index in [1.54, 1.807) is 11.3 Å². The smallest absolute Gasteiger partial charge is 0.320 e. The topological polar surface area (TPSA) is 29.5 Å². The van der Waals surface area contributed by atoms with Crippen molar-refractivity contribution in [1.82, 2.24) is 4.90 Å². The van der Waals surface area contributed by atoms with E-state index < -0.39 is 0 Å². The number of hydrogen-bond donors (Lipinski definition) is 0. The van der Waals surface area contributed by atoms with Crippen molar-refractivity contribution in [1.29, 1.82) is 0 Å². The van der Waals surface area contributed by atoms with Gasteiger partial charge in [0.25, 0.3) is 0 Å². The second kappa shape index (κ2) is 5.85. The highest BCUT2D eigenvalue weighted by molar-refractivity contribution is 7.16. The molecule has 1 aromatic rings. The summed E-state index contributed by atoms with van der Waals surface area (Å²) in [6.45, 7) is 3.45. The van der Waals surface area contributed by atoms with Gasteiger partial charge in [-0.15, -0.1) is 11.3 Å². The summed E-state index contributed by atoms with van der Waals surface area (Å²) in [4.78, 5) is 14.9. The van der Waals surface area contributed by atoms with Crippen LogP contribution in [0, 0.1) is 0 Å². The zero-order valence-corrected chi connectivity index (χ0v) is 11.4. The predicted molar refractivity (Wildman–Crippen MR) is 69.4 cm³/mol. The first-order valence-corrected chi connectivity index (χ1v) is 7.02. The Bertz CT molecular complexity index is 390. The zero-order valence-electron chi connectivity index (χ0n) is 9.82. The summed E-state index contributed by atoms with van der Waals surface area (Å²) in [5, 5.41) is 0. The lowest BCUT2D eigenvalue weighted by Gasteiger charge is -2.19. The van der Waals surface area contributed by atoms with Crippen LogP contribution < -0.4 is 0 Å². The van der Waals surface area contributed by atoms with E-state index in [1.807, 2.05) is 19.1 Å². The van der Waals surface area contributed by atoms with E-state index in [2.05, 4.69) is 4.90 Å². The lowest BCUT2D eigenvalue weighted by molar-refractivity contribution is -0.144. The summed E-state index contributed by atoms with van der Waals surface area (Å²) in [5.41, 5.74) is 0. The second-order valence-corrected chi connectivity index (χ2v) is 5.95. The summed E-state index contributed by atoms with van der Waals surface area (Å²) in [5.74, 6) is -0.137. The van der Waals surface area contributed by atoms with Crippen molar-refractivity contribution in [3.05, 3.63) is 21.3 Å². The zero-order chi connectivity index (χ0) is 12.3. The van der Waals surface area contributed by atoms with Crippen molar-refractivity contribution in [2.24, 2.45) is 0 Å². The fourth-order valence-corrected chi connectivity index (χ4v) is 2.88. The molecule has 0 spiro atoms. The molecule has 1 aliphatic rings. The van der Waals surface area contributed by atoms with Gasteiger partial charge < -0.3 is 4.74 Å². The van der Waals surface area contributed by atoms with E-state index in [0.717, 1.165) is 10.9 Å².